The van der Waals surface area contributed by atoms with Crippen molar-refractivity contribution in [2.75, 3.05) is 69.3 Å². The predicted octanol–water partition coefficient (Wildman–Crippen LogP) is 13.9. The molecule has 10 heterocycles. The Morgan fingerprint density at radius 3 is 1.25 bits per heavy atom. The number of benzene rings is 6. The number of esters is 1. The number of rotatable bonds is 4. The van der Waals surface area contributed by atoms with Gasteiger partial charge in [0, 0.05) is 129 Å². The molecule has 10 aliphatic rings. The van der Waals surface area contributed by atoms with Crippen LogP contribution in [0.3, 0.4) is 0 Å². The molecule has 0 aromatic heterocycles. The Kier molecular flexibility index (Phi) is 15.7. The number of carbonyl (C=O) groups excluding carboxylic acids is 1. The maximum atomic E-state index is 13.4. The van der Waals surface area contributed by atoms with Crippen molar-refractivity contribution in [3.63, 3.8) is 0 Å². The highest BCUT2D eigenvalue weighted by Gasteiger charge is 2.41. The zero-order chi connectivity index (χ0) is 57.0. The first-order valence-corrected chi connectivity index (χ1v) is 32.2. The molecule has 442 valence electrons. The summed E-state index contributed by atoms with van der Waals surface area (Å²) < 4.78 is 24.4. The first kappa shape index (κ1) is 59.1. The van der Waals surface area contributed by atoms with Crippen molar-refractivity contribution >= 4 is 127 Å². The largest absolute Gasteiger partial charge is 0.478 e. The normalized spacial score (nSPS) is 17.8. The zero-order valence-electron chi connectivity index (χ0n) is 47.6. The van der Waals surface area contributed by atoms with Crippen LogP contribution >= 0.6 is 92.8 Å². The van der Waals surface area contributed by atoms with E-state index in [1.54, 1.807) is 0 Å². The topological polar surface area (TPSA) is 94.6 Å². The minimum Gasteiger partial charge on any atom is -0.478 e. The SMILES string of the molecule is COC(=O)c1c(Cl)c(Cl)c(Cl)c(Cl)c1C1=c2cc3c4c(c2Oc2c1cc1c5c2CCCN5CCC1)CCC[N+]=4CCC3.O=C(O)c1c(Cl)c(Cl)c(Cl)c(Cl)c1C1=c2cc3c4c(c2Oc2c1cc1c5c2CCCN5CCC1)CCC[N+]=4CCC3.[CH3-].[CH3-]. The molecule has 18 heteroatoms. The number of methoxy groups -OCH3 is 1. The Hall–Kier alpha value is -4.88. The van der Waals surface area contributed by atoms with Gasteiger partial charge in [0.1, 0.15) is 49.2 Å². The molecule has 1 N–H and O–H groups in total. The van der Waals surface area contributed by atoms with Crippen molar-refractivity contribution in [1.29, 1.82) is 0 Å². The number of fused-ring (bicyclic) bond motifs is 8. The Morgan fingerprint density at radius 2 is 0.824 bits per heavy atom. The van der Waals surface area contributed by atoms with Crippen LogP contribution < -0.4 is 49.6 Å². The first-order chi connectivity index (χ1) is 40.2. The summed E-state index contributed by atoms with van der Waals surface area (Å²) in [5, 5.41) is 15.2. The minimum absolute atomic E-state index is 0. The number of nitrogens with zero attached hydrogens (tertiary/aromatic N) is 4. The second-order valence-electron chi connectivity index (χ2n) is 23.5. The van der Waals surface area contributed by atoms with Crippen LogP contribution in [0, 0.1) is 14.9 Å². The van der Waals surface area contributed by atoms with E-state index in [9.17, 15) is 14.7 Å². The molecule has 0 radical (unpaired) electrons. The van der Waals surface area contributed by atoms with Gasteiger partial charge in [0.2, 0.25) is 10.7 Å². The lowest BCUT2D eigenvalue weighted by Crippen LogP contribution is -2.45. The van der Waals surface area contributed by atoms with Gasteiger partial charge in [-0.1, -0.05) is 92.8 Å². The van der Waals surface area contributed by atoms with Crippen molar-refractivity contribution in [3.05, 3.63) is 178 Å². The van der Waals surface area contributed by atoms with Crippen LogP contribution in [0.4, 0.5) is 11.4 Å². The summed E-state index contributed by atoms with van der Waals surface area (Å²) in [6.45, 7) is 8.38. The number of ether oxygens (including phenoxy) is 3. The molecule has 0 unspecified atom stereocenters. The number of anilines is 2. The number of carboxylic acid groups (broad SMARTS) is 1. The van der Waals surface area contributed by atoms with Gasteiger partial charge in [-0.2, -0.15) is 0 Å². The fourth-order valence-electron chi connectivity index (χ4n) is 15.8. The zero-order valence-corrected chi connectivity index (χ0v) is 53.6. The number of aromatic carboxylic acids is 1. The molecular formula is C67H62Cl8N4O6. The quantitative estimate of drug-likeness (QED) is 0.0612. The van der Waals surface area contributed by atoms with E-state index in [-0.39, 0.29) is 66.2 Å². The van der Waals surface area contributed by atoms with Crippen molar-refractivity contribution in [2.45, 2.75) is 103 Å². The van der Waals surface area contributed by atoms with E-state index in [1.165, 1.54) is 73.7 Å². The monoisotopic (exact) mass is 1300 g/mol. The molecule has 0 bridgehead atoms. The molecule has 0 fully saturated rings. The third-order valence-corrected chi connectivity index (χ3v) is 22.6. The van der Waals surface area contributed by atoms with Crippen LogP contribution in [0.5, 0.6) is 23.0 Å². The molecule has 6 aromatic rings. The fraction of sp³-hybridized carbons (Fsp3) is 0.373. The van der Waals surface area contributed by atoms with E-state index in [2.05, 4.69) is 43.2 Å². The maximum absolute atomic E-state index is 13.4. The van der Waals surface area contributed by atoms with E-state index >= 15 is 0 Å². The number of aryl methyl sites for hydroxylation is 4. The van der Waals surface area contributed by atoms with Gasteiger partial charge >= 0.3 is 11.9 Å². The van der Waals surface area contributed by atoms with E-state index in [0.717, 1.165) is 205 Å². The smallest absolute Gasteiger partial charge is 0.340 e. The van der Waals surface area contributed by atoms with Gasteiger partial charge in [0.05, 0.1) is 69.5 Å². The molecule has 0 aliphatic carbocycles. The van der Waals surface area contributed by atoms with Gasteiger partial charge in [-0.05, 0) is 112 Å². The summed E-state index contributed by atoms with van der Waals surface area (Å²) >= 11 is 53.8. The molecule has 0 atom stereocenters. The van der Waals surface area contributed by atoms with Crippen molar-refractivity contribution < 1.29 is 28.9 Å². The van der Waals surface area contributed by atoms with Crippen molar-refractivity contribution in [2.24, 2.45) is 0 Å². The molecule has 10 aliphatic heterocycles. The molecule has 0 amide bonds. The van der Waals surface area contributed by atoms with Crippen LogP contribution in [0.1, 0.15) is 139 Å². The third kappa shape index (κ3) is 8.96. The number of carboxylic acids is 1. The third-order valence-electron chi connectivity index (χ3n) is 19.0. The fourth-order valence-corrected chi connectivity index (χ4v) is 17.8. The average Bonchev–Trinajstić information content (AvgIpc) is 1.25. The molecule has 16 rings (SSSR count). The lowest BCUT2D eigenvalue weighted by Gasteiger charge is -2.39. The molecular weight excluding hydrogens is 1240 g/mol. The van der Waals surface area contributed by atoms with Crippen LogP contribution in [-0.4, -0.2) is 76.5 Å². The summed E-state index contributed by atoms with van der Waals surface area (Å²) in [6.07, 6.45) is 16.1. The lowest BCUT2D eigenvalue weighted by molar-refractivity contribution is 0.0599. The predicted molar refractivity (Wildman–Crippen MR) is 345 cm³/mol. The number of halogens is 8. The van der Waals surface area contributed by atoms with Gasteiger partial charge in [-0.15, -0.1) is 0 Å². The first-order valence-electron chi connectivity index (χ1n) is 29.1. The van der Waals surface area contributed by atoms with E-state index in [4.69, 9.17) is 107 Å². The Bertz CT molecular complexity index is 4280. The van der Waals surface area contributed by atoms with Gasteiger partial charge in [-0.3, -0.25) is 0 Å². The molecule has 0 saturated carbocycles. The van der Waals surface area contributed by atoms with Crippen LogP contribution in [0.15, 0.2) is 24.3 Å². The van der Waals surface area contributed by atoms with Gasteiger partial charge in [0.15, 0.2) is 0 Å². The van der Waals surface area contributed by atoms with Crippen LogP contribution in [0.2, 0.25) is 40.2 Å². The van der Waals surface area contributed by atoms with Crippen molar-refractivity contribution in [3.8, 4) is 23.0 Å². The molecule has 85 heavy (non-hydrogen) atoms. The van der Waals surface area contributed by atoms with Gasteiger partial charge in [0.25, 0.3) is 0 Å². The second-order valence-corrected chi connectivity index (χ2v) is 26.5. The van der Waals surface area contributed by atoms with Crippen molar-refractivity contribution in [1.82, 2.24) is 9.15 Å². The Balaban J connectivity index is 0.000000155. The summed E-state index contributed by atoms with van der Waals surface area (Å²) in [7, 11) is 1.33. The average molecular weight is 1300 g/mol. The summed E-state index contributed by atoms with van der Waals surface area (Å²) in [4.78, 5) is 31.3. The lowest BCUT2D eigenvalue weighted by atomic mass is 9.81. The highest BCUT2D eigenvalue weighted by molar-refractivity contribution is 6.54. The molecule has 0 saturated heterocycles. The van der Waals surface area contributed by atoms with Gasteiger partial charge in [-0.25, -0.2) is 18.7 Å². The van der Waals surface area contributed by atoms with E-state index in [1.807, 2.05) is 0 Å². The number of hydrogen-bond donors (Lipinski definition) is 1. The maximum Gasteiger partial charge on any atom is 0.340 e. The summed E-state index contributed by atoms with van der Waals surface area (Å²) in [5.41, 5.74) is 16.6. The molecule has 6 aromatic carbocycles. The minimum atomic E-state index is -1.21. The molecule has 10 nitrogen and oxygen atoms in total. The van der Waals surface area contributed by atoms with Gasteiger partial charge < -0.3 is 44.0 Å². The highest BCUT2D eigenvalue weighted by Crippen LogP contribution is 2.55. The highest BCUT2D eigenvalue weighted by atomic mass is 35.5. The summed E-state index contributed by atoms with van der Waals surface area (Å²) in [6, 6.07) is 8.88. The Labute approximate surface area is 534 Å². The second kappa shape index (κ2) is 22.6. The summed E-state index contributed by atoms with van der Waals surface area (Å²) in [5.74, 6) is 1.48. The standard InChI is InChI=1S/C33H29Cl4N2O3.C32H26Cl4N2O3.2CH3/c1-41-33(40)24-23(25(34)27(36)28(37)26(24)35)22-20-14-16-6-2-10-38-12-4-8-18(29(16)38)31(20)42-32-19-9-5-13-39-11-3-7-17(30(19)39)15-21(22)32;33-24-22(23(32(39)40)25(34)27(36)26(24)35)21-19-13-15-5-1-9-37-11-3-7-17(28(15)37)30(19)41-31-18-8-4-12-38-10-2-6-16(29(18)38)14-20(21)31;;/h14-15H,2-13H2,1H3;13-14H,1-12H2;2*1H3/q+1;;2*-1/p+1. The van der Waals surface area contributed by atoms with Crippen LogP contribution in [-0.2, 0) is 56.1 Å². The number of hydrogen-bond acceptors (Lipinski definition) is 7. The van der Waals surface area contributed by atoms with E-state index < -0.39 is 11.9 Å². The molecule has 0 spiro atoms. The Morgan fingerprint density at radius 1 is 0.459 bits per heavy atom. The number of carbonyl (C=O) groups is 2. The van der Waals surface area contributed by atoms with Crippen LogP contribution in [0.25, 0.3) is 11.1 Å². The van der Waals surface area contributed by atoms with E-state index in [0.29, 0.717) is 16.7 Å².